The van der Waals surface area contributed by atoms with Crippen molar-refractivity contribution in [1.82, 2.24) is 9.88 Å². The molecule has 0 aliphatic carbocycles. The van der Waals surface area contributed by atoms with Crippen LogP contribution in [-0.2, 0) is 0 Å². The first kappa shape index (κ1) is 15.2. The van der Waals surface area contributed by atoms with Gasteiger partial charge in [0, 0.05) is 22.5 Å². The van der Waals surface area contributed by atoms with Crippen molar-refractivity contribution in [2.75, 3.05) is 5.75 Å². The van der Waals surface area contributed by atoms with Crippen LogP contribution in [0.1, 0.15) is 36.7 Å². The third kappa shape index (κ3) is 2.70. The Morgan fingerprint density at radius 1 is 1.22 bits per heavy atom. The molecule has 2 aromatic rings. The Kier molecular flexibility index (Phi) is 4.16. The maximum atomic E-state index is 5.03. The van der Waals surface area contributed by atoms with E-state index in [1.54, 1.807) is 0 Å². The van der Waals surface area contributed by atoms with Crippen LogP contribution in [0.5, 0.6) is 0 Å². The molecular formula is C18H18BrN3S. The fourth-order valence-electron chi connectivity index (χ4n) is 3.37. The molecule has 0 bridgehead atoms. The predicted molar refractivity (Wildman–Crippen MR) is 99.7 cm³/mol. The van der Waals surface area contributed by atoms with E-state index in [-0.39, 0.29) is 12.1 Å². The van der Waals surface area contributed by atoms with Gasteiger partial charge in [-0.1, -0.05) is 52.8 Å². The summed E-state index contributed by atoms with van der Waals surface area (Å²) in [7, 11) is 0. The molecule has 0 radical (unpaired) electrons. The van der Waals surface area contributed by atoms with Gasteiger partial charge in [-0.05, 0) is 36.2 Å². The van der Waals surface area contributed by atoms with Gasteiger partial charge in [0.15, 0.2) is 5.17 Å². The zero-order valence-electron chi connectivity index (χ0n) is 12.9. The molecule has 3 atom stereocenters. The van der Waals surface area contributed by atoms with Crippen molar-refractivity contribution < 1.29 is 0 Å². The second-order valence-corrected chi connectivity index (χ2v) is 7.79. The highest BCUT2D eigenvalue weighted by atomic mass is 79.9. The van der Waals surface area contributed by atoms with Gasteiger partial charge >= 0.3 is 0 Å². The molecule has 0 amide bonds. The van der Waals surface area contributed by atoms with Gasteiger partial charge < -0.3 is 4.90 Å². The van der Waals surface area contributed by atoms with Crippen molar-refractivity contribution in [3.05, 3.63) is 64.4 Å². The van der Waals surface area contributed by atoms with E-state index in [2.05, 4.69) is 69.1 Å². The summed E-state index contributed by atoms with van der Waals surface area (Å²) >= 11 is 5.42. The normalized spacial score (nSPS) is 26.3. The summed E-state index contributed by atoms with van der Waals surface area (Å²) < 4.78 is 1.11. The van der Waals surface area contributed by atoms with Gasteiger partial charge in [0.05, 0.1) is 11.7 Å². The molecule has 2 aliphatic rings. The highest BCUT2D eigenvalue weighted by Gasteiger charge is 2.45. The van der Waals surface area contributed by atoms with E-state index in [1.807, 2.05) is 24.0 Å². The minimum Gasteiger partial charge on any atom is -0.338 e. The Hall–Kier alpha value is -1.33. The van der Waals surface area contributed by atoms with Crippen LogP contribution in [0.15, 0.2) is 58.1 Å². The molecule has 0 spiro atoms. The van der Waals surface area contributed by atoms with Crippen LogP contribution in [0, 0.1) is 0 Å². The van der Waals surface area contributed by atoms with E-state index in [1.165, 1.54) is 10.7 Å². The Labute approximate surface area is 149 Å². The molecule has 1 aromatic heterocycles. The zero-order valence-corrected chi connectivity index (χ0v) is 15.3. The third-order valence-corrected chi connectivity index (χ3v) is 6.20. The lowest BCUT2D eigenvalue weighted by Crippen LogP contribution is -2.35. The van der Waals surface area contributed by atoms with Crippen molar-refractivity contribution in [3.63, 3.8) is 0 Å². The molecule has 1 saturated heterocycles. The summed E-state index contributed by atoms with van der Waals surface area (Å²) in [5.74, 6) is 1.14. The average molecular weight is 388 g/mol. The smallest absolute Gasteiger partial charge is 0.160 e. The summed E-state index contributed by atoms with van der Waals surface area (Å²) in [6.45, 7) is 2.26. The van der Waals surface area contributed by atoms with Crippen molar-refractivity contribution in [2.45, 2.75) is 31.5 Å². The predicted octanol–water partition coefficient (Wildman–Crippen LogP) is 4.82. The molecule has 1 aromatic carbocycles. The number of hydrogen-bond donors (Lipinski definition) is 0. The average Bonchev–Trinajstić information content (AvgIpc) is 3.15. The number of rotatable bonds is 3. The van der Waals surface area contributed by atoms with Gasteiger partial charge in [0.25, 0.3) is 0 Å². The Morgan fingerprint density at radius 2 is 2.04 bits per heavy atom. The van der Waals surface area contributed by atoms with Crippen LogP contribution in [0.2, 0.25) is 0 Å². The molecule has 0 N–H and O–H groups in total. The van der Waals surface area contributed by atoms with Crippen molar-refractivity contribution >= 4 is 32.9 Å². The van der Waals surface area contributed by atoms with Gasteiger partial charge in [0.1, 0.15) is 6.04 Å². The maximum absolute atomic E-state index is 5.03. The van der Waals surface area contributed by atoms with E-state index in [4.69, 9.17) is 4.99 Å². The van der Waals surface area contributed by atoms with Gasteiger partial charge in [-0.2, -0.15) is 0 Å². The lowest BCUT2D eigenvalue weighted by molar-refractivity contribution is 0.255. The molecular weight excluding hydrogens is 370 g/mol. The van der Waals surface area contributed by atoms with Crippen LogP contribution in [0.3, 0.4) is 0 Å². The fourth-order valence-corrected chi connectivity index (χ4v) is 4.97. The molecule has 0 saturated carbocycles. The Balaban J connectivity index is 1.78. The van der Waals surface area contributed by atoms with Gasteiger partial charge in [-0.15, -0.1) is 0 Å². The van der Waals surface area contributed by atoms with E-state index in [9.17, 15) is 0 Å². The highest BCUT2D eigenvalue weighted by molar-refractivity contribution is 9.10. The molecule has 118 valence electrons. The van der Waals surface area contributed by atoms with Crippen molar-refractivity contribution in [1.29, 1.82) is 0 Å². The van der Waals surface area contributed by atoms with Crippen LogP contribution >= 0.6 is 27.7 Å². The number of nitrogens with zero attached hydrogens (tertiary/aromatic N) is 3. The van der Waals surface area contributed by atoms with Crippen molar-refractivity contribution in [3.8, 4) is 0 Å². The number of halogens is 1. The first-order valence-electron chi connectivity index (χ1n) is 7.93. The number of fused-ring (bicyclic) bond motifs is 1. The molecule has 0 unspecified atom stereocenters. The van der Waals surface area contributed by atoms with Crippen LogP contribution in [0.25, 0.3) is 0 Å². The number of hydrogen-bond acceptors (Lipinski definition) is 4. The van der Waals surface area contributed by atoms with Gasteiger partial charge in [-0.25, -0.2) is 0 Å². The number of aromatic nitrogens is 1. The first-order chi connectivity index (χ1) is 11.3. The summed E-state index contributed by atoms with van der Waals surface area (Å²) in [5, 5.41) is 1.18. The Morgan fingerprint density at radius 3 is 2.74 bits per heavy atom. The van der Waals surface area contributed by atoms with Crippen LogP contribution < -0.4 is 0 Å². The summed E-state index contributed by atoms with van der Waals surface area (Å²) in [4.78, 5) is 12.1. The third-order valence-electron chi connectivity index (χ3n) is 4.54. The minimum atomic E-state index is 0.0780. The minimum absolute atomic E-state index is 0.0780. The molecule has 23 heavy (non-hydrogen) atoms. The summed E-state index contributed by atoms with van der Waals surface area (Å²) in [6, 6.07) is 15.6. The quantitative estimate of drug-likeness (QED) is 0.755. The summed E-state index contributed by atoms with van der Waals surface area (Å²) in [5.41, 5.74) is 2.36. The lowest BCUT2D eigenvalue weighted by atomic mass is 9.95. The SMILES string of the molecule is CC[C@@H]1CSC2=N[C@H](c3ccccn3)[C@H](c3ccc(Br)cc3)N21. The molecule has 4 rings (SSSR count). The largest absolute Gasteiger partial charge is 0.338 e. The van der Waals surface area contributed by atoms with Crippen LogP contribution in [0.4, 0.5) is 0 Å². The van der Waals surface area contributed by atoms with E-state index >= 15 is 0 Å². The molecule has 3 heterocycles. The van der Waals surface area contributed by atoms with E-state index in [0.29, 0.717) is 6.04 Å². The topological polar surface area (TPSA) is 28.5 Å². The molecule has 2 aliphatic heterocycles. The second kappa shape index (κ2) is 6.29. The molecule has 3 nitrogen and oxygen atoms in total. The maximum Gasteiger partial charge on any atom is 0.160 e. The van der Waals surface area contributed by atoms with E-state index < -0.39 is 0 Å². The number of benzene rings is 1. The number of pyridine rings is 1. The standard InChI is InChI=1S/C18H18BrN3S/c1-2-14-11-23-18-21-16(15-5-3-4-10-20-15)17(22(14)18)12-6-8-13(19)9-7-12/h3-10,14,16-17H,2,11H2,1H3/t14-,16-,17+/m1/s1. The van der Waals surface area contributed by atoms with Crippen LogP contribution in [-0.4, -0.2) is 26.8 Å². The number of amidine groups is 1. The van der Waals surface area contributed by atoms with Gasteiger partial charge in [0.2, 0.25) is 0 Å². The van der Waals surface area contributed by atoms with Gasteiger partial charge in [-0.3, -0.25) is 9.98 Å². The monoisotopic (exact) mass is 387 g/mol. The molecule has 1 fully saturated rings. The second-order valence-electron chi connectivity index (χ2n) is 5.89. The highest BCUT2D eigenvalue weighted by Crippen LogP contribution is 2.48. The Bertz CT molecular complexity index is 717. The first-order valence-corrected chi connectivity index (χ1v) is 9.71. The lowest BCUT2D eigenvalue weighted by Gasteiger charge is -2.31. The number of thioether (sulfide) groups is 1. The fraction of sp³-hybridized carbons (Fsp3) is 0.333. The number of aliphatic imine (C=N–C) groups is 1. The molecule has 5 heteroatoms. The zero-order chi connectivity index (χ0) is 15.8. The van der Waals surface area contributed by atoms with E-state index in [0.717, 1.165) is 22.3 Å². The summed E-state index contributed by atoms with van der Waals surface area (Å²) in [6.07, 6.45) is 3.01. The van der Waals surface area contributed by atoms with Crippen molar-refractivity contribution in [2.24, 2.45) is 4.99 Å².